The predicted octanol–water partition coefficient (Wildman–Crippen LogP) is 2.77. The lowest BCUT2D eigenvalue weighted by Gasteiger charge is -2.11. The van der Waals surface area contributed by atoms with Crippen molar-refractivity contribution in [2.75, 3.05) is 0 Å². The molecule has 0 saturated heterocycles. The van der Waals surface area contributed by atoms with Crippen LogP contribution in [0.15, 0.2) is 48.5 Å². The van der Waals surface area contributed by atoms with Crippen molar-refractivity contribution in [1.29, 1.82) is 0 Å². The van der Waals surface area contributed by atoms with E-state index in [1.165, 1.54) is 0 Å². The zero-order chi connectivity index (χ0) is 16.9. The summed E-state index contributed by atoms with van der Waals surface area (Å²) in [6, 6.07) is 13.2. The summed E-state index contributed by atoms with van der Waals surface area (Å²) in [7, 11) is 0. The molecule has 1 saturated carbocycles. The maximum Gasteiger partial charge on any atom is 0.179 e. The van der Waals surface area contributed by atoms with E-state index < -0.39 is 16.7 Å². The van der Waals surface area contributed by atoms with Gasteiger partial charge < -0.3 is 0 Å². The van der Waals surface area contributed by atoms with Gasteiger partial charge in [-0.2, -0.15) is 0 Å². The van der Waals surface area contributed by atoms with E-state index in [0.29, 0.717) is 22.3 Å². The van der Waals surface area contributed by atoms with E-state index in [1.54, 1.807) is 55.5 Å². The standard InChI is InChI=1S/C20H12O4/c1-10-19(15(21)11-6-2-3-7-12(11)16(19)22)20(10)17(23)13-8-4-5-9-14(13)18(20)24/h2-10H,1H3. The molecule has 1 fully saturated rings. The average Bonchev–Trinajstić information content (AvgIpc) is 3.01. The van der Waals surface area contributed by atoms with Crippen LogP contribution in [0.2, 0.25) is 0 Å². The van der Waals surface area contributed by atoms with Gasteiger partial charge in [0.15, 0.2) is 23.1 Å². The summed E-state index contributed by atoms with van der Waals surface area (Å²) in [5, 5.41) is 0. The third kappa shape index (κ3) is 1.03. The number of carbonyl (C=O) groups is 4. The molecular formula is C20H12O4. The number of hydrogen-bond donors (Lipinski definition) is 0. The Bertz CT molecular complexity index is 862. The lowest BCUT2D eigenvalue weighted by Crippen LogP contribution is -2.32. The van der Waals surface area contributed by atoms with Crippen LogP contribution in [0.4, 0.5) is 0 Å². The summed E-state index contributed by atoms with van der Waals surface area (Å²) in [6.45, 7) is 1.67. The van der Waals surface area contributed by atoms with Gasteiger partial charge in [-0.15, -0.1) is 0 Å². The molecule has 0 aliphatic heterocycles. The molecule has 2 aromatic rings. The van der Waals surface area contributed by atoms with Gasteiger partial charge >= 0.3 is 0 Å². The van der Waals surface area contributed by atoms with Crippen molar-refractivity contribution in [3.05, 3.63) is 70.8 Å². The quantitative estimate of drug-likeness (QED) is 0.701. The molecule has 0 N–H and O–H groups in total. The summed E-state index contributed by atoms with van der Waals surface area (Å²) in [5.41, 5.74) is -1.82. The van der Waals surface area contributed by atoms with Crippen molar-refractivity contribution in [3.63, 3.8) is 0 Å². The molecule has 0 atom stereocenters. The molecule has 2 aromatic carbocycles. The molecule has 4 nitrogen and oxygen atoms in total. The van der Waals surface area contributed by atoms with Gasteiger partial charge in [0, 0.05) is 22.3 Å². The Balaban J connectivity index is 1.78. The number of ketones is 4. The van der Waals surface area contributed by atoms with Crippen LogP contribution in [-0.4, -0.2) is 23.1 Å². The molecule has 0 radical (unpaired) electrons. The van der Waals surface area contributed by atoms with Crippen LogP contribution in [0.25, 0.3) is 0 Å². The molecule has 0 heterocycles. The smallest absolute Gasteiger partial charge is 0.179 e. The minimum absolute atomic E-state index is 0.322. The highest BCUT2D eigenvalue weighted by Crippen LogP contribution is 2.77. The summed E-state index contributed by atoms with van der Waals surface area (Å²) in [5.74, 6) is -2.16. The molecule has 0 unspecified atom stereocenters. The number of carbonyl (C=O) groups excluding carboxylic acids is 4. The van der Waals surface area contributed by atoms with E-state index in [0.717, 1.165) is 0 Å². The molecule has 24 heavy (non-hydrogen) atoms. The first-order chi connectivity index (χ1) is 11.5. The topological polar surface area (TPSA) is 68.3 Å². The van der Waals surface area contributed by atoms with Crippen LogP contribution in [-0.2, 0) is 0 Å². The molecule has 0 aromatic heterocycles. The van der Waals surface area contributed by atoms with Crippen LogP contribution >= 0.6 is 0 Å². The molecule has 2 spiro atoms. The number of rotatable bonds is 0. The largest absolute Gasteiger partial charge is 0.293 e. The molecule has 3 aliphatic rings. The zero-order valence-electron chi connectivity index (χ0n) is 12.8. The Kier molecular flexibility index (Phi) is 2.13. The summed E-state index contributed by atoms with van der Waals surface area (Å²) in [4.78, 5) is 52.3. The van der Waals surface area contributed by atoms with E-state index in [9.17, 15) is 19.2 Å². The van der Waals surface area contributed by atoms with Gasteiger partial charge in [0.1, 0.15) is 10.8 Å². The maximum atomic E-state index is 13.1. The highest BCUT2D eigenvalue weighted by molar-refractivity contribution is 6.44. The van der Waals surface area contributed by atoms with Crippen LogP contribution in [0.3, 0.4) is 0 Å². The number of hydrogen-bond acceptors (Lipinski definition) is 4. The fourth-order valence-corrected chi connectivity index (χ4v) is 4.98. The van der Waals surface area contributed by atoms with E-state index in [-0.39, 0.29) is 23.1 Å². The molecule has 3 aliphatic carbocycles. The molecule has 5 rings (SSSR count). The van der Waals surface area contributed by atoms with Gasteiger partial charge in [-0.05, 0) is 5.92 Å². The van der Waals surface area contributed by atoms with Crippen LogP contribution in [0, 0.1) is 16.7 Å². The van der Waals surface area contributed by atoms with E-state index in [4.69, 9.17) is 0 Å². The van der Waals surface area contributed by atoms with Crippen molar-refractivity contribution >= 4 is 23.1 Å². The Morgan fingerprint density at radius 3 is 1.08 bits per heavy atom. The van der Waals surface area contributed by atoms with Crippen molar-refractivity contribution in [2.24, 2.45) is 16.7 Å². The first-order valence-electron chi connectivity index (χ1n) is 7.88. The summed E-state index contributed by atoms with van der Waals surface area (Å²) >= 11 is 0. The highest BCUT2D eigenvalue weighted by atomic mass is 16.2. The number of fused-ring (bicyclic) bond motifs is 3. The third-order valence-corrected chi connectivity index (χ3v) is 6.10. The van der Waals surface area contributed by atoms with E-state index in [1.807, 2.05) is 0 Å². The van der Waals surface area contributed by atoms with Gasteiger partial charge in [-0.3, -0.25) is 19.2 Å². The van der Waals surface area contributed by atoms with Gasteiger partial charge in [-0.25, -0.2) is 0 Å². The van der Waals surface area contributed by atoms with Gasteiger partial charge in [0.25, 0.3) is 0 Å². The fraction of sp³-hybridized carbons (Fsp3) is 0.200. The number of benzene rings is 2. The molecule has 0 amide bonds. The summed E-state index contributed by atoms with van der Waals surface area (Å²) < 4.78 is 0. The highest BCUT2D eigenvalue weighted by Gasteiger charge is 2.91. The second kappa shape index (κ2) is 3.78. The molecule has 0 bridgehead atoms. The van der Waals surface area contributed by atoms with Crippen molar-refractivity contribution in [3.8, 4) is 0 Å². The maximum absolute atomic E-state index is 13.1. The molecule has 4 heteroatoms. The average molecular weight is 316 g/mol. The summed E-state index contributed by atoms with van der Waals surface area (Å²) in [6.07, 6.45) is 0. The van der Waals surface area contributed by atoms with Crippen molar-refractivity contribution in [2.45, 2.75) is 6.92 Å². The Morgan fingerprint density at radius 2 is 0.833 bits per heavy atom. The Morgan fingerprint density at radius 1 is 0.583 bits per heavy atom. The molecule has 116 valence electrons. The lowest BCUT2D eigenvalue weighted by molar-refractivity contribution is 0.0663. The minimum Gasteiger partial charge on any atom is -0.293 e. The van der Waals surface area contributed by atoms with Crippen LogP contribution < -0.4 is 0 Å². The number of Topliss-reactive ketones (excluding diaryl/α,β-unsaturated/α-hetero) is 4. The van der Waals surface area contributed by atoms with E-state index in [2.05, 4.69) is 0 Å². The van der Waals surface area contributed by atoms with Crippen molar-refractivity contribution in [1.82, 2.24) is 0 Å². The third-order valence-electron chi connectivity index (χ3n) is 6.10. The lowest BCUT2D eigenvalue weighted by atomic mass is 9.84. The second-order valence-corrected chi connectivity index (χ2v) is 6.75. The normalized spacial score (nSPS) is 24.6. The first-order valence-corrected chi connectivity index (χ1v) is 7.88. The van der Waals surface area contributed by atoms with Gasteiger partial charge in [0.05, 0.1) is 0 Å². The first kappa shape index (κ1) is 13.5. The fourth-order valence-electron chi connectivity index (χ4n) is 4.98. The Hall–Kier alpha value is -2.88. The van der Waals surface area contributed by atoms with Gasteiger partial charge in [0.2, 0.25) is 0 Å². The minimum atomic E-state index is -1.55. The molecular weight excluding hydrogens is 304 g/mol. The van der Waals surface area contributed by atoms with Crippen LogP contribution in [0.1, 0.15) is 48.4 Å². The SMILES string of the molecule is CC1C2(C(=O)c3ccccc3C2=O)C12C(=O)c1ccccc1C2=O. The van der Waals surface area contributed by atoms with Crippen molar-refractivity contribution < 1.29 is 19.2 Å². The Labute approximate surface area is 137 Å². The zero-order valence-corrected chi connectivity index (χ0v) is 12.8. The van der Waals surface area contributed by atoms with E-state index >= 15 is 0 Å². The van der Waals surface area contributed by atoms with Crippen LogP contribution in [0.5, 0.6) is 0 Å². The monoisotopic (exact) mass is 316 g/mol. The van der Waals surface area contributed by atoms with Gasteiger partial charge in [-0.1, -0.05) is 55.5 Å². The predicted molar refractivity (Wildman–Crippen MR) is 84.2 cm³/mol. The second-order valence-electron chi connectivity index (χ2n) is 6.75.